The van der Waals surface area contributed by atoms with E-state index in [2.05, 4.69) is 26.1 Å². The van der Waals surface area contributed by atoms with Gasteiger partial charge in [0.2, 0.25) is 5.91 Å². The van der Waals surface area contributed by atoms with Gasteiger partial charge in [-0.05, 0) is 38.0 Å². The average Bonchev–Trinajstić information content (AvgIpc) is 3.04. The minimum absolute atomic E-state index is 0.0754. The largest absolute Gasteiger partial charge is 0.326 e. The predicted molar refractivity (Wildman–Crippen MR) is 64.9 cm³/mol. The molecule has 1 aliphatic heterocycles. The van der Waals surface area contributed by atoms with Crippen LogP contribution in [-0.4, -0.2) is 29.6 Å². The third kappa shape index (κ3) is 2.40. The van der Waals surface area contributed by atoms with Crippen LogP contribution >= 0.6 is 0 Å². The van der Waals surface area contributed by atoms with E-state index in [0.717, 1.165) is 25.3 Å². The van der Waals surface area contributed by atoms with Crippen molar-refractivity contribution >= 4 is 5.91 Å². The Morgan fingerprint density at radius 2 is 2.19 bits per heavy atom. The maximum absolute atomic E-state index is 12.1. The summed E-state index contributed by atoms with van der Waals surface area (Å²) in [6.45, 7) is 7.46. The van der Waals surface area contributed by atoms with Crippen molar-refractivity contribution in [1.29, 1.82) is 0 Å². The van der Waals surface area contributed by atoms with Crippen molar-refractivity contribution in [1.82, 2.24) is 10.2 Å². The highest BCUT2D eigenvalue weighted by Crippen LogP contribution is 2.37. The van der Waals surface area contributed by atoms with Crippen LogP contribution in [0.1, 0.15) is 46.5 Å². The van der Waals surface area contributed by atoms with Crippen LogP contribution in [0.5, 0.6) is 0 Å². The Bertz CT molecular complexity index is 263. The lowest BCUT2D eigenvalue weighted by Gasteiger charge is -2.24. The maximum Gasteiger partial charge on any atom is 0.241 e. The third-order valence-corrected chi connectivity index (χ3v) is 3.98. The topological polar surface area (TPSA) is 32.3 Å². The summed E-state index contributed by atoms with van der Waals surface area (Å²) in [5.41, 5.74) is 0. The summed E-state index contributed by atoms with van der Waals surface area (Å²) in [6.07, 6.45) is 5.00. The van der Waals surface area contributed by atoms with Gasteiger partial charge >= 0.3 is 0 Å². The molecule has 1 aliphatic carbocycles. The van der Waals surface area contributed by atoms with Crippen molar-refractivity contribution in [2.75, 3.05) is 6.54 Å². The van der Waals surface area contributed by atoms with Crippen molar-refractivity contribution in [3.8, 4) is 0 Å². The van der Waals surface area contributed by atoms with Gasteiger partial charge in [-0.15, -0.1) is 0 Å². The number of carbonyl (C=O) groups is 1. The first kappa shape index (κ1) is 11.9. The van der Waals surface area contributed by atoms with Crippen LogP contribution in [0.25, 0.3) is 0 Å². The molecule has 0 spiro atoms. The van der Waals surface area contributed by atoms with Crippen molar-refractivity contribution in [3.63, 3.8) is 0 Å². The Labute approximate surface area is 98.6 Å². The predicted octanol–water partition coefficient (Wildman–Crippen LogP) is 1.98. The quantitative estimate of drug-likeness (QED) is 0.774. The molecular formula is C13H24N2O. The van der Waals surface area contributed by atoms with E-state index in [0.29, 0.717) is 11.8 Å². The fourth-order valence-corrected chi connectivity index (χ4v) is 2.71. The molecular weight excluding hydrogens is 200 g/mol. The summed E-state index contributed by atoms with van der Waals surface area (Å²) in [4.78, 5) is 14.2. The van der Waals surface area contributed by atoms with Gasteiger partial charge in [0, 0.05) is 6.54 Å². The van der Waals surface area contributed by atoms with Gasteiger partial charge in [0.25, 0.3) is 0 Å². The minimum atomic E-state index is 0.0754. The van der Waals surface area contributed by atoms with E-state index in [9.17, 15) is 4.79 Å². The van der Waals surface area contributed by atoms with Gasteiger partial charge in [-0.3, -0.25) is 10.1 Å². The molecule has 0 aromatic heterocycles. The molecule has 1 saturated heterocycles. The normalized spacial score (nSPS) is 32.2. The van der Waals surface area contributed by atoms with Gasteiger partial charge in [0.1, 0.15) is 0 Å². The summed E-state index contributed by atoms with van der Waals surface area (Å²) in [7, 11) is 0. The summed E-state index contributed by atoms with van der Waals surface area (Å²) >= 11 is 0. The van der Waals surface area contributed by atoms with Crippen LogP contribution in [0.4, 0.5) is 0 Å². The van der Waals surface area contributed by atoms with E-state index in [-0.39, 0.29) is 12.2 Å². The molecule has 3 heteroatoms. The summed E-state index contributed by atoms with van der Waals surface area (Å²) in [5, 5.41) is 3.40. The smallest absolute Gasteiger partial charge is 0.241 e. The number of hydrogen-bond donors (Lipinski definition) is 1. The second kappa shape index (κ2) is 4.74. The highest BCUT2D eigenvalue weighted by Gasteiger charge is 2.38. The molecule has 0 bridgehead atoms. The summed E-state index contributed by atoms with van der Waals surface area (Å²) < 4.78 is 0. The van der Waals surface area contributed by atoms with Crippen LogP contribution in [0.15, 0.2) is 0 Å². The molecule has 0 radical (unpaired) electrons. The van der Waals surface area contributed by atoms with Crippen molar-refractivity contribution < 1.29 is 4.79 Å². The molecule has 2 fully saturated rings. The summed E-state index contributed by atoms with van der Waals surface area (Å²) in [6, 6.07) is 0.0754. The SMILES string of the molecule is CCCC1NC(C)N(CC(C)C2CC2)C1=O. The minimum Gasteiger partial charge on any atom is -0.326 e. The molecule has 2 aliphatic rings. The van der Waals surface area contributed by atoms with Crippen LogP contribution in [-0.2, 0) is 4.79 Å². The number of nitrogens with one attached hydrogen (secondary N) is 1. The Morgan fingerprint density at radius 1 is 1.50 bits per heavy atom. The molecule has 1 amide bonds. The van der Waals surface area contributed by atoms with E-state index in [4.69, 9.17) is 0 Å². The van der Waals surface area contributed by atoms with E-state index in [1.165, 1.54) is 12.8 Å². The number of hydrogen-bond acceptors (Lipinski definition) is 2. The fourth-order valence-electron chi connectivity index (χ4n) is 2.71. The standard InChI is InChI=1S/C13H24N2O/c1-4-5-12-13(16)15(10(3)14-12)8-9(2)11-6-7-11/h9-12,14H,4-8H2,1-3H3. The van der Waals surface area contributed by atoms with Crippen LogP contribution in [0.3, 0.4) is 0 Å². The lowest BCUT2D eigenvalue weighted by atomic mass is 10.1. The molecule has 0 aromatic rings. The number of amides is 1. The van der Waals surface area contributed by atoms with Crippen LogP contribution in [0, 0.1) is 11.8 Å². The number of rotatable bonds is 5. The third-order valence-electron chi connectivity index (χ3n) is 3.98. The maximum atomic E-state index is 12.1. The first-order valence-electron chi connectivity index (χ1n) is 6.70. The Morgan fingerprint density at radius 3 is 2.75 bits per heavy atom. The zero-order valence-corrected chi connectivity index (χ0v) is 10.7. The van der Waals surface area contributed by atoms with E-state index in [1.54, 1.807) is 0 Å². The Kier molecular flexibility index (Phi) is 3.53. The first-order chi connectivity index (χ1) is 7.63. The highest BCUT2D eigenvalue weighted by molar-refractivity contribution is 5.84. The van der Waals surface area contributed by atoms with Gasteiger partial charge in [-0.25, -0.2) is 0 Å². The summed E-state index contributed by atoms with van der Waals surface area (Å²) in [5.74, 6) is 1.88. The molecule has 92 valence electrons. The van der Waals surface area contributed by atoms with Gasteiger partial charge in [-0.2, -0.15) is 0 Å². The monoisotopic (exact) mass is 224 g/mol. The molecule has 16 heavy (non-hydrogen) atoms. The van der Waals surface area contributed by atoms with Crippen LogP contribution < -0.4 is 5.32 Å². The first-order valence-corrected chi connectivity index (χ1v) is 6.70. The lowest BCUT2D eigenvalue weighted by molar-refractivity contribution is -0.130. The fraction of sp³-hybridized carbons (Fsp3) is 0.923. The molecule has 1 heterocycles. The highest BCUT2D eigenvalue weighted by atomic mass is 16.2. The number of nitrogens with zero attached hydrogens (tertiary/aromatic N) is 1. The molecule has 1 saturated carbocycles. The van der Waals surface area contributed by atoms with E-state index in [1.807, 2.05) is 4.90 Å². The molecule has 3 atom stereocenters. The van der Waals surface area contributed by atoms with Gasteiger partial charge < -0.3 is 4.90 Å². The molecule has 1 N–H and O–H groups in total. The second-order valence-electron chi connectivity index (χ2n) is 5.49. The average molecular weight is 224 g/mol. The zero-order chi connectivity index (χ0) is 11.7. The van der Waals surface area contributed by atoms with E-state index >= 15 is 0 Å². The van der Waals surface area contributed by atoms with Gasteiger partial charge in [0.15, 0.2) is 0 Å². The second-order valence-corrected chi connectivity index (χ2v) is 5.49. The van der Waals surface area contributed by atoms with E-state index < -0.39 is 0 Å². The van der Waals surface area contributed by atoms with Gasteiger partial charge in [0.05, 0.1) is 12.2 Å². The lowest BCUT2D eigenvalue weighted by Crippen LogP contribution is -2.38. The Hall–Kier alpha value is -0.570. The molecule has 3 unspecified atom stereocenters. The number of carbonyl (C=O) groups excluding carboxylic acids is 1. The van der Waals surface area contributed by atoms with Crippen molar-refractivity contribution in [2.45, 2.75) is 58.7 Å². The molecule has 0 aromatic carbocycles. The van der Waals surface area contributed by atoms with Crippen LogP contribution in [0.2, 0.25) is 0 Å². The molecule has 3 nitrogen and oxygen atoms in total. The van der Waals surface area contributed by atoms with Gasteiger partial charge in [-0.1, -0.05) is 20.3 Å². The van der Waals surface area contributed by atoms with Crippen molar-refractivity contribution in [2.24, 2.45) is 11.8 Å². The van der Waals surface area contributed by atoms with Crippen molar-refractivity contribution in [3.05, 3.63) is 0 Å². The molecule has 2 rings (SSSR count). The Balaban J connectivity index is 1.90. The zero-order valence-electron chi connectivity index (χ0n) is 10.7.